The number of halogens is 1. The van der Waals surface area contributed by atoms with Gasteiger partial charge in [-0.25, -0.2) is 17.5 Å². The standard InChI is InChI=1S/C21H23ClN2O5S/c1-23(2)30(27,28)17-9-10-19(22)18(13-17)21(26)29-14-15-5-7-16(8-6-15)20(25)24-11-3-4-12-24/h5-10,13H,3-4,11-12,14H2,1-2H3. The van der Waals surface area contributed by atoms with E-state index in [9.17, 15) is 18.0 Å². The predicted molar refractivity (Wildman–Crippen MR) is 113 cm³/mol. The summed E-state index contributed by atoms with van der Waals surface area (Å²) in [7, 11) is -0.900. The Morgan fingerprint density at radius 1 is 1.07 bits per heavy atom. The van der Waals surface area contributed by atoms with Gasteiger partial charge in [-0.3, -0.25) is 4.79 Å². The number of sulfonamides is 1. The first kappa shape index (κ1) is 22.3. The molecule has 1 heterocycles. The van der Waals surface area contributed by atoms with Crippen LogP contribution in [0.5, 0.6) is 0 Å². The van der Waals surface area contributed by atoms with E-state index in [0.717, 1.165) is 30.2 Å². The second kappa shape index (κ2) is 9.16. The average molecular weight is 451 g/mol. The number of amides is 1. The summed E-state index contributed by atoms with van der Waals surface area (Å²) in [5.41, 5.74) is 1.27. The van der Waals surface area contributed by atoms with Crippen molar-refractivity contribution in [2.24, 2.45) is 0 Å². The number of ether oxygens (including phenoxy) is 1. The Bertz CT molecular complexity index is 1050. The maximum Gasteiger partial charge on any atom is 0.340 e. The molecule has 0 spiro atoms. The van der Waals surface area contributed by atoms with Gasteiger partial charge in [-0.05, 0) is 48.7 Å². The molecule has 1 saturated heterocycles. The molecule has 2 aromatic rings. The Morgan fingerprint density at radius 3 is 2.30 bits per heavy atom. The predicted octanol–water partition coefficient (Wildman–Crippen LogP) is 3.18. The third-order valence-corrected chi connectivity index (χ3v) is 7.04. The van der Waals surface area contributed by atoms with Crippen LogP contribution >= 0.6 is 11.6 Å². The lowest BCUT2D eigenvalue weighted by Gasteiger charge is -2.15. The van der Waals surface area contributed by atoms with E-state index in [4.69, 9.17) is 16.3 Å². The highest BCUT2D eigenvalue weighted by atomic mass is 35.5. The molecule has 0 atom stereocenters. The summed E-state index contributed by atoms with van der Waals surface area (Å²) < 4.78 is 30.9. The van der Waals surface area contributed by atoms with Crippen LogP contribution in [0.4, 0.5) is 0 Å². The van der Waals surface area contributed by atoms with Crippen LogP contribution in [0, 0.1) is 0 Å². The Hall–Kier alpha value is -2.42. The minimum Gasteiger partial charge on any atom is -0.457 e. The molecular weight excluding hydrogens is 428 g/mol. The second-order valence-electron chi connectivity index (χ2n) is 7.20. The van der Waals surface area contributed by atoms with Crippen molar-refractivity contribution < 1.29 is 22.7 Å². The Labute approximate surface area is 181 Å². The lowest BCUT2D eigenvalue weighted by molar-refractivity contribution is 0.0472. The van der Waals surface area contributed by atoms with Gasteiger partial charge in [-0.15, -0.1) is 0 Å². The maximum absolute atomic E-state index is 12.5. The summed E-state index contributed by atoms with van der Waals surface area (Å²) in [6.07, 6.45) is 2.05. The van der Waals surface area contributed by atoms with Gasteiger partial charge in [0.1, 0.15) is 6.61 Å². The van der Waals surface area contributed by atoms with E-state index < -0.39 is 16.0 Å². The van der Waals surface area contributed by atoms with Crippen LogP contribution in [0.25, 0.3) is 0 Å². The van der Waals surface area contributed by atoms with Gasteiger partial charge in [-0.2, -0.15) is 0 Å². The zero-order valence-electron chi connectivity index (χ0n) is 16.8. The van der Waals surface area contributed by atoms with Crippen molar-refractivity contribution in [1.82, 2.24) is 9.21 Å². The third kappa shape index (κ3) is 4.83. The zero-order chi connectivity index (χ0) is 21.9. The number of carbonyl (C=O) groups is 2. The maximum atomic E-state index is 12.5. The van der Waals surface area contributed by atoms with Crippen molar-refractivity contribution in [1.29, 1.82) is 0 Å². The fourth-order valence-electron chi connectivity index (χ4n) is 3.11. The van der Waals surface area contributed by atoms with Crippen molar-refractivity contribution in [3.8, 4) is 0 Å². The van der Waals surface area contributed by atoms with E-state index in [0.29, 0.717) is 11.1 Å². The average Bonchev–Trinajstić information content (AvgIpc) is 3.27. The summed E-state index contributed by atoms with van der Waals surface area (Å²) in [6.45, 7) is 1.53. The zero-order valence-corrected chi connectivity index (χ0v) is 18.4. The molecule has 0 radical (unpaired) electrons. The lowest BCUT2D eigenvalue weighted by atomic mass is 10.1. The highest BCUT2D eigenvalue weighted by molar-refractivity contribution is 7.89. The van der Waals surface area contributed by atoms with Gasteiger partial charge in [0.15, 0.2) is 0 Å². The summed E-state index contributed by atoms with van der Waals surface area (Å²) in [4.78, 5) is 26.6. The summed E-state index contributed by atoms with van der Waals surface area (Å²) in [6, 6.07) is 10.8. The molecule has 160 valence electrons. The van der Waals surface area contributed by atoms with E-state index in [1.807, 2.05) is 4.90 Å². The molecule has 0 N–H and O–H groups in total. The lowest BCUT2D eigenvalue weighted by Crippen LogP contribution is -2.27. The van der Waals surface area contributed by atoms with Gasteiger partial charge >= 0.3 is 5.97 Å². The topological polar surface area (TPSA) is 84.0 Å². The van der Waals surface area contributed by atoms with Gasteiger partial charge in [0.05, 0.1) is 15.5 Å². The fraction of sp³-hybridized carbons (Fsp3) is 0.333. The van der Waals surface area contributed by atoms with Gasteiger partial charge < -0.3 is 9.64 Å². The second-order valence-corrected chi connectivity index (χ2v) is 9.76. The molecule has 9 heteroatoms. The van der Waals surface area contributed by atoms with Crippen LogP contribution in [0.15, 0.2) is 47.4 Å². The monoisotopic (exact) mass is 450 g/mol. The number of hydrogen-bond acceptors (Lipinski definition) is 5. The Morgan fingerprint density at radius 2 is 1.70 bits per heavy atom. The van der Waals surface area contributed by atoms with Crippen LogP contribution < -0.4 is 0 Å². The molecule has 0 aliphatic carbocycles. The molecule has 0 bridgehead atoms. The normalized spacial score (nSPS) is 14.2. The van der Waals surface area contributed by atoms with Crippen LogP contribution in [0.3, 0.4) is 0 Å². The Balaban J connectivity index is 1.67. The number of carbonyl (C=O) groups excluding carboxylic acids is 2. The van der Waals surface area contributed by atoms with Gasteiger partial charge in [-0.1, -0.05) is 23.7 Å². The van der Waals surface area contributed by atoms with Gasteiger partial charge in [0.25, 0.3) is 5.91 Å². The molecule has 1 aliphatic heterocycles. The van der Waals surface area contributed by atoms with Crippen molar-refractivity contribution in [3.63, 3.8) is 0 Å². The third-order valence-electron chi connectivity index (χ3n) is 4.90. The highest BCUT2D eigenvalue weighted by Gasteiger charge is 2.22. The number of likely N-dealkylation sites (tertiary alicyclic amines) is 1. The minimum absolute atomic E-state index is 0.00161. The van der Waals surface area contributed by atoms with Crippen LogP contribution in [0.1, 0.15) is 39.1 Å². The molecular formula is C21H23ClN2O5S. The van der Waals surface area contributed by atoms with Crippen LogP contribution in [-0.2, 0) is 21.4 Å². The first-order chi connectivity index (χ1) is 14.2. The molecule has 1 amide bonds. The summed E-state index contributed by atoms with van der Waals surface area (Å²) >= 11 is 6.07. The van der Waals surface area contributed by atoms with E-state index in [-0.39, 0.29) is 28.0 Å². The molecule has 1 aliphatic rings. The molecule has 0 aromatic heterocycles. The van der Waals surface area contributed by atoms with Crippen molar-refractivity contribution in [2.75, 3.05) is 27.2 Å². The SMILES string of the molecule is CN(C)S(=O)(=O)c1ccc(Cl)c(C(=O)OCc2ccc(C(=O)N3CCCC3)cc2)c1. The molecule has 3 rings (SSSR count). The molecule has 1 fully saturated rings. The van der Waals surface area contributed by atoms with E-state index >= 15 is 0 Å². The first-order valence-electron chi connectivity index (χ1n) is 9.47. The van der Waals surface area contributed by atoms with Gasteiger partial charge in [0.2, 0.25) is 10.0 Å². The molecule has 0 saturated carbocycles. The van der Waals surface area contributed by atoms with Gasteiger partial charge in [0, 0.05) is 32.7 Å². The summed E-state index contributed by atoms with van der Waals surface area (Å²) in [5, 5.41) is 0.101. The molecule has 0 unspecified atom stereocenters. The largest absolute Gasteiger partial charge is 0.457 e. The minimum atomic E-state index is -3.71. The molecule has 30 heavy (non-hydrogen) atoms. The van der Waals surface area contributed by atoms with E-state index in [1.54, 1.807) is 24.3 Å². The smallest absolute Gasteiger partial charge is 0.340 e. The van der Waals surface area contributed by atoms with Crippen molar-refractivity contribution in [3.05, 3.63) is 64.2 Å². The number of benzene rings is 2. The van der Waals surface area contributed by atoms with E-state index in [1.165, 1.54) is 32.3 Å². The number of hydrogen-bond donors (Lipinski definition) is 0. The highest BCUT2D eigenvalue weighted by Crippen LogP contribution is 2.23. The Kier molecular flexibility index (Phi) is 6.80. The van der Waals surface area contributed by atoms with Crippen molar-refractivity contribution >= 4 is 33.5 Å². The van der Waals surface area contributed by atoms with Crippen molar-refractivity contribution in [2.45, 2.75) is 24.3 Å². The first-order valence-corrected chi connectivity index (χ1v) is 11.3. The number of rotatable bonds is 6. The van der Waals surface area contributed by atoms with E-state index in [2.05, 4.69) is 0 Å². The quantitative estimate of drug-likeness (QED) is 0.631. The molecule has 7 nitrogen and oxygen atoms in total. The number of nitrogens with zero attached hydrogens (tertiary/aromatic N) is 2. The van der Waals surface area contributed by atoms with Crippen LogP contribution in [-0.4, -0.2) is 56.7 Å². The number of esters is 1. The summed E-state index contributed by atoms with van der Waals surface area (Å²) in [5.74, 6) is -0.727. The molecule has 2 aromatic carbocycles. The van der Waals surface area contributed by atoms with Crippen LogP contribution in [0.2, 0.25) is 5.02 Å². The fourth-order valence-corrected chi connectivity index (χ4v) is 4.23.